The standard InChI is InChI=1S/C14H16BNO4/c1-2-20-11-8-7-9-5-3-4-6-10(9)12(11)13(17)14(16)15(18)19/h3-8,14,18-19H,2,16H2,1H3. The molecule has 6 heteroatoms. The fourth-order valence-electron chi connectivity index (χ4n) is 2.08. The molecule has 0 saturated heterocycles. The van der Waals surface area contributed by atoms with Gasteiger partial charge in [-0.25, -0.2) is 0 Å². The van der Waals surface area contributed by atoms with Gasteiger partial charge in [-0.1, -0.05) is 30.3 Å². The highest BCUT2D eigenvalue weighted by atomic mass is 16.5. The number of fused-ring (bicyclic) bond motifs is 1. The normalized spacial score (nSPS) is 12.2. The molecular formula is C14H16BNO4. The van der Waals surface area contributed by atoms with Gasteiger partial charge in [0.05, 0.1) is 12.2 Å². The highest BCUT2D eigenvalue weighted by Gasteiger charge is 2.30. The van der Waals surface area contributed by atoms with Crippen LogP contribution < -0.4 is 10.5 Å². The first-order valence-corrected chi connectivity index (χ1v) is 6.36. The predicted octanol–water partition coefficient (Wildman–Crippen LogP) is 0.760. The van der Waals surface area contributed by atoms with Crippen LogP contribution in [0.2, 0.25) is 0 Å². The van der Waals surface area contributed by atoms with Crippen LogP contribution in [0.4, 0.5) is 0 Å². The average molecular weight is 273 g/mol. The molecule has 2 rings (SSSR count). The van der Waals surface area contributed by atoms with Crippen LogP contribution in [0, 0.1) is 0 Å². The van der Waals surface area contributed by atoms with E-state index in [2.05, 4.69) is 0 Å². The molecule has 0 radical (unpaired) electrons. The molecule has 0 amide bonds. The highest BCUT2D eigenvalue weighted by molar-refractivity contribution is 6.51. The van der Waals surface area contributed by atoms with Gasteiger partial charge in [-0.2, -0.15) is 0 Å². The zero-order chi connectivity index (χ0) is 14.7. The number of hydrogen-bond donors (Lipinski definition) is 3. The van der Waals surface area contributed by atoms with Crippen LogP contribution in [0.25, 0.3) is 10.8 Å². The summed E-state index contributed by atoms with van der Waals surface area (Å²) >= 11 is 0. The molecule has 0 aromatic heterocycles. The van der Waals surface area contributed by atoms with Gasteiger partial charge in [-0.15, -0.1) is 0 Å². The third kappa shape index (κ3) is 2.67. The second-order valence-corrected chi connectivity index (χ2v) is 4.40. The van der Waals surface area contributed by atoms with Crippen molar-refractivity contribution in [2.75, 3.05) is 6.61 Å². The smallest absolute Gasteiger partial charge is 0.477 e. The lowest BCUT2D eigenvalue weighted by Gasteiger charge is -2.15. The Morgan fingerprint density at radius 2 is 2.00 bits per heavy atom. The molecule has 0 aliphatic heterocycles. The first-order chi connectivity index (χ1) is 9.56. The molecule has 20 heavy (non-hydrogen) atoms. The Kier molecular flexibility index (Phi) is 4.39. The number of ketones is 1. The van der Waals surface area contributed by atoms with Crippen LogP contribution in [0.3, 0.4) is 0 Å². The van der Waals surface area contributed by atoms with Crippen LogP contribution in [0.15, 0.2) is 36.4 Å². The summed E-state index contributed by atoms with van der Waals surface area (Å²) in [6.07, 6.45) is 0. The first kappa shape index (κ1) is 14.5. The maximum atomic E-state index is 12.4. The van der Waals surface area contributed by atoms with E-state index in [1.165, 1.54) is 0 Å². The third-order valence-electron chi connectivity index (χ3n) is 3.06. The predicted molar refractivity (Wildman–Crippen MR) is 77.6 cm³/mol. The maximum absolute atomic E-state index is 12.4. The Balaban J connectivity index is 2.63. The summed E-state index contributed by atoms with van der Waals surface area (Å²) in [5.74, 6) is -1.56. The third-order valence-corrected chi connectivity index (χ3v) is 3.06. The molecule has 2 aromatic carbocycles. The van der Waals surface area contributed by atoms with E-state index in [4.69, 9.17) is 20.5 Å². The van der Waals surface area contributed by atoms with Crippen molar-refractivity contribution in [2.24, 2.45) is 5.73 Å². The van der Waals surface area contributed by atoms with E-state index >= 15 is 0 Å². The topological polar surface area (TPSA) is 92.8 Å². The Hall–Kier alpha value is -1.89. The summed E-state index contributed by atoms with van der Waals surface area (Å²) in [7, 11) is -1.91. The Morgan fingerprint density at radius 3 is 2.65 bits per heavy atom. The summed E-state index contributed by atoms with van der Waals surface area (Å²) < 4.78 is 5.46. The van der Waals surface area contributed by atoms with Crippen molar-refractivity contribution in [1.82, 2.24) is 0 Å². The molecule has 0 bridgehead atoms. The Bertz CT molecular complexity index is 630. The molecule has 4 N–H and O–H groups in total. The second-order valence-electron chi connectivity index (χ2n) is 4.40. The van der Waals surface area contributed by atoms with E-state index in [0.29, 0.717) is 17.7 Å². The van der Waals surface area contributed by atoms with Crippen molar-refractivity contribution in [1.29, 1.82) is 0 Å². The minimum absolute atomic E-state index is 0.283. The second kappa shape index (κ2) is 6.05. The molecule has 0 fully saturated rings. The van der Waals surface area contributed by atoms with Gasteiger partial charge in [0.25, 0.3) is 0 Å². The zero-order valence-electron chi connectivity index (χ0n) is 11.1. The minimum atomic E-state index is -1.91. The molecular weight excluding hydrogens is 257 g/mol. The van der Waals surface area contributed by atoms with Gasteiger partial charge in [0.15, 0.2) is 5.78 Å². The SMILES string of the molecule is CCOc1ccc2ccccc2c1C(=O)C(N)B(O)O. The zero-order valence-corrected chi connectivity index (χ0v) is 11.1. The number of nitrogens with two attached hydrogens (primary N) is 1. The molecule has 0 aliphatic carbocycles. The van der Waals surface area contributed by atoms with Gasteiger partial charge in [-0.05, 0) is 23.8 Å². The van der Waals surface area contributed by atoms with E-state index in [9.17, 15) is 4.79 Å². The van der Waals surface area contributed by atoms with Gasteiger partial charge in [0.2, 0.25) is 0 Å². The lowest BCUT2D eigenvalue weighted by molar-refractivity contribution is 0.0974. The van der Waals surface area contributed by atoms with Crippen molar-refractivity contribution < 1.29 is 19.6 Å². The van der Waals surface area contributed by atoms with Crippen molar-refractivity contribution in [2.45, 2.75) is 12.9 Å². The van der Waals surface area contributed by atoms with Crippen molar-refractivity contribution in [3.8, 4) is 5.75 Å². The number of carbonyl (C=O) groups is 1. The van der Waals surface area contributed by atoms with Crippen LogP contribution >= 0.6 is 0 Å². The van der Waals surface area contributed by atoms with Gasteiger partial charge < -0.3 is 20.5 Å². The largest absolute Gasteiger partial charge is 0.493 e. The molecule has 1 unspecified atom stereocenters. The number of Topliss-reactive ketones (excluding diaryl/α,β-unsaturated/α-hetero) is 1. The summed E-state index contributed by atoms with van der Waals surface area (Å²) in [6.45, 7) is 2.21. The van der Waals surface area contributed by atoms with Crippen LogP contribution in [0.1, 0.15) is 17.3 Å². The van der Waals surface area contributed by atoms with Crippen molar-refractivity contribution >= 4 is 23.7 Å². The lowest BCUT2D eigenvalue weighted by atomic mass is 9.75. The van der Waals surface area contributed by atoms with Gasteiger partial charge in [0.1, 0.15) is 11.7 Å². The number of hydrogen-bond acceptors (Lipinski definition) is 5. The summed E-state index contributed by atoms with van der Waals surface area (Å²) in [4.78, 5) is 12.4. The quantitative estimate of drug-likeness (QED) is 0.552. The van der Waals surface area contributed by atoms with Gasteiger partial charge in [-0.3, -0.25) is 4.79 Å². The number of benzene rings is 2. The lowest BCUT2D eigenvalue weighted by Crippen LogP contribution is -2.45. The van der Waals surface area contributed by atoms with Crippen LogP contribution in [-0.2, 0) is 0 Å². The number of rotatable bonds is 5. The van der Waals surface area contributed by atoms with E-state index < -0.39 is 18.8 Å². The molecule has 104 valence electrons. The van der Waals surface area contributed by atoms with E-state index in [0.717, 1.165) is 5.39 Å². The number of ether oxygens (including phenoxy) is 1. The molecule has 0 aliphatic rings. The Morgan fingerprint density at radius 1 is 1.30 bits per heavy atom. The fraction of sp³-hybridized carbons (Fsp3) is 0.214. The molecule has 1 atom stereocenters. The highest BCUT2D eigenvalue weighted by Crippen LogP contribution is 2.29. The first-order valence-electron chi connectivity index (χ1n) is 6.36. The van der Waals surface area contributed by atoms with Crippen molar-refractivity contribution in [3.63, 3.8) is 0 Å². The Labute approximate surface area is 117 Å². The monoisotopic (exact) mass is 273 g/mol. The molecule has 0 spiro atoms. The molecule has 0 saturated carbocycles. The summed E-state index contributed by atoms with van der Waals surface area (Å²) in [5.41, 5.74) is 5.83. The molecule has 0 heterocycles. The maximum Gasteiger partial charge on any atom is 0.477 e. The average Bonchev–Trinajstić information content (AvgIpc) is 2.45. The van der Waals surface area contributed by atoms with E-state index in [1.807, 2.05) is 25.1 Å². The summed E-state index contributed by atoms with van der Waals surface area (Å²) in [5, 5.41) is 19.8. The minimum Gasteiger partial charge on any atom is -0.493 e. The van der Waals surface area contributed by atoms with Crippen LogP contribution in [0.5, 0.6) is 5.75 Å². The molecule has 5 nitrogen and oxygen atoms in total. The van der Waals surface area contributed by atoms with E-state index in [-0.39, 0.29) is 5.56 Å². The van der Waals surface area contributed by atoms with Crippen LogP contribution in [-0.4, -0.2) is 35.5 Å². The summed E-state index contributed by atoms with van der Waals surface area (Å²) in [6, 6.07) is 10.8. The van der Waals surface area contributed by atoms with E-state index in [1.54, 1.807) is 18.2 Å². The van der Waals surface area contributed by atoms with Crippen molar-refractivity contribution in [3.05, 3.63) is 42.0 Å². The fourth-order valence-corrected chi connectivity index (χ4v) is 2.08. The molecule has 2 aromatic rings. The van der Waals surface area contributed by atoms with Gasteiger partial charge in [0, 0.05) is 0 Å². The van der Waals surface area contributed by atoms with Gasteiger partial charge >= 0.3 is 7.12 Å². The number of carbonyl (C=O) groups excluding carboxylic acids is 1.